The van der Waals surface area contributed by atoms with E-state index in [4.69, 9.17) is 4.74 Å². The normalized spacial score (nSPS) is 35.0. The lowest BCUT2D eigenvalue weighted by Crippen LogP contribution is -2.17. The summed E-state index contributed by atoms with van der Waals surface area (Å²) in [4.78, 5) is 11.1. The van der Waals surface area contributed by atoms with Crippen molar-refractivity contribution in [3.05, 3.63) is 11.3 Å². The zero-order chi connectivity index (χ0) is 8.72. The number of hydrogen-bond donors (Lipinski definition) is 0. The van der Waals surface area contributed by atoms with Crippen molar-refractivity contribution in [1.82, 2.24) is 0 Å². The summed E-state index contributed by atoms with van der Waals surface area (Å²) in [6, 6.07) is 0. The van der Waals surface area contributed by atoms with Crippen LogP contribution in [-0.4, -0.2) is 12.4 Å². The molecule has 12 heavy (non-hydrogen) atoms. The van der Waals surface area contributed by atoms with E-state index >= 15 is 0 Å². The third-order valence-corrected chi connectivity index (χ3v) is 2.84. The van der Waals surface area contributed by atoms with Gasteiger partial charge in [0.25, 0.3) is 0 Å². The molecule has 0 aromatic carbocycles. The fourth-order valence-electron chi connectivity index (χ4n) is 2.26. The Morgan fingerprint density at radius 1 is 1.33 bits per heavy atom. The van der Waals surface area contributed by atoms with E-state index in [1.165, 1.54) is 5.57 Å². The van der Waals surface area contributed by atoms with Crippen molar-refractivity contribution in [1.29, 1.82) is 0 Å². The van der Waals surface area contributed by atoms with Gasteiger partial charge in [0.05, 0.1) is 5.76 Å². The molecular weight excluding hydrogens is 152 g/mol. The van der Waals surface area contributed by atoms with E-state index in [2.05, 4.69) is 13.8 Å². The smallest absolute Gasteiger partial charge is 0.174 e. The fourth-order valence-corrected chi connectivity index (χ4v) is 2.26. The van der Waals surface area contributed by atoms with E-state index in [1.54, 1.807) is 0 Å². The number of rotatable bonds is 0. The van der Waals surface area contributed by atoms with E-state index in [9.17, 15) is 4.79 Å². The first-order chi connectivity index (χ1) is 5.68. The first kappa shape index (κ1) is 7.84. The molecule has 0 spiro atoms. The Morgan fingerprint density at radius 2 is 2.08 bits per heavy atom. The Labute approximate surface area is 72.6 Å². The van der Waals surface area contributed by atoms with Crippen LogP contribution < -0.4 is 0 Å². The highest BCUT2D eigenvalue weighted by Gasteiger charge is 2.33. The summed E-state index contributed by atoms with van der Waals surface area (Å²) < 4.78 is 5.43. The standard InChI is InChI=1S/C10H14O2/c1-6-3-7(2)10-9(6)4-8(11)5-12-10/h6-7H,3-5H2,1-2H3. The summed E-state index contributed by atoms with van der Waals surface area (Å²) in [5, 5.41) is 0. The zero-order valence-electron chi connectivity index (χ0n) is 7.59. The molecule has 1 heterocycles. The zero-order valence-corrected chi connectivity index (χ0v) is 7.59. The van der Waals surface area contributed by atoms with Crippen molar-refractivity contribution in [3.63, 3.8) is 0 Å². The molecule has 0 bridgehead atoms. The van der Waals surface area contributed by atoms with E-state index in [1.807, 2.05) is 0 Å². The summed E-state index contributed by atoms with van der Waals surface area (Å²) in [5.41, 5.74) is 1.26. The van der Waals surface area contributed by atoms with Crippen LogP contribution in [0.3, 0.4) is 0 Å². The predicted octanol–water partition coefficient (Wildman–Crippen LogP) is 1.91. The molecule has 1 aliphatic heterocycles. The molecular formula is C10H14O2. The summed E-state index contributed by atoms with van der Waals surface area (Å²) in [6.07, 6.45) is 1.79. The highest BCUT2D eigenvalue weighted by Crippen LogP contribution is 2.40. The van der Waals surface area contributed by atoms with E-state index in [0.717, 1.165) is 12.2 Å². The second kappa shape index (κ2) is 2.61. The Balaban J connectivity index is 2.29. The Morgan fingerprint density at radius 3 is 2.83 bits per heavy atom. The third kappa shape index (κ3) is 1.06. The van der Waals surface area contributed by atoms with Crippen LogP contribution >= 0.6 is 0 Å². The van der Waals surface area contributed by atoms with Crippen LogP contribution in [0.25, 0.3) is 0 Å². The lowest BCUT2D eigenvalue weighted by Gasteiger charge is -2.18. The van der Waals surface area contributed by atoms with Crippen LogP contribution in [0.5, 0.6) is 0 Å². The van der Waals surface area contributed by atoms with Gasteiger partial charge in [-0.2, -0.15) is 0 Å². The van der Waals surface area contributed by atoms with E-state index in [0.29, 0.717) is 24.9 Å². The molecule has 2 unspecified atom stereocenters. The number of ether oxygens (including phenoxy) is 1. The van der Waals surface area contributed by atoms with Crippen LogP contribution in [-0.2, 0) is 9.53 Å². The molecule has 0 amide bonds. The third-order valence-electron chi connectivity index (χ3n) is 2.84. The highest BCUT2D eigenvalue weighted by atomic mass is 16.5. The molecule has 66 valence electrons. The Bertz CT molecular complexity index is 253. The number of ketones is 1. The summed E-state index contributed by atoms with van der Waals surface area (Å²) in [6.45, 7) is 4.66. The van der Waals surface area contributed by atoms with Gasteiger partial charge in [0, 0.05) is 12.3 Å². The molecule has 0 fully saturated rings. The van der Waals surface area contributed by atoms with Crippen molar-refractivity contribution < 1.29 is 9.53 Å². The number of carbonyl (C=O) groups is 1. The average molecular weight is 166 g/mol. The maximum absolute atomic E-state index is 11.1. The van der Waals surface area contributed by atoms with Crippen LogP contribution in [0.4, 0.5) is 0 Å². The van der Waals surface area contributed by atoms with Gasteiger partial charge >= 0.3 is 0 Å². The minimum absolute atomic E-state index is 0.231. The monoisotopic (exact) mass is 166 g/mol. The second-order valence-corrected chi connectivity index (χ2v) is 3.93. The van der Waals surface area contributed by atoms with Crippen LogP contribution in [0.2, 0.25) is 0 Å². The molecule has 0 saturated carbocycles. The van der Waals surface area contributed by atoms with Gasteiger partial charge in [0.1, 0.15) is 6.61 Å². The largest absolute Gasteiger partial charge is 0.490 e. The maximum Gasteiger partial charge on any atom is 0.174 e. The van der Waals surface area contributed by atoms with Crippen molar-refractivity contribution in [2.75, 3.05) is 6.61 Å². The lowest BCUT2D eigenvalue weighted by atomic mass is 9.98. The van der Waals surface area contributed by atoms with Crippen LogP contribution in [0.1, 0.15) is 26.7 Å². The van der Waals surface area contributed by atoms with Crippen molar-refractivity contribution in [3.8, 4) is 0 Å². The average Bonchev–Trinajstić information content (AvgIpc) is 2.28. The van der Waals surface area contributed by atoms with Crippen LogP contribution in [0, 0.1) is 11.8 Å². The molecule has 2 heteroatoms. The maximum atomic E-state index is 11.1. The topological polar surface area (TPSA) is 26.3 Å². The van der Waals surface area contributed by atoms with Crippen LogP contribution in [0.15, 0.2) is 11.3 Å². The molecule has 0 aromatic rings. The quantitative estimate of drug-likeness (QED) is 0.549. The van der Waals surface area contributed by atoms with Gasteiger partial charge in [0.2, 0.25) is 0 Å². The van der Waals surface area contributed by atoms with Gasteiger partial charge in [-0.1, -0.05) is 13.8 Å². The molecule has 0 radical (unpaired) electrons. The summed E-state index contributed by atoms with van der Waals surface area (Å²) >= 11 is 0. The fraction of sp³-hybridized carbons (Fsp3) is 0.700. The molecule has 2 rings (SSSR count). The Hall–Kier alpha value is -0.790. The summed E-state index contributed by atoms with van der Waals surface area (Å²) in [7, 11) is 0. The first-order valence-corrected chi connectivity index (χ1v) is 4.56. The second-order valence-electron chi connectivity index (χ2n) is 3.93. The van der Waals surface area contributed by atoms with E-state index < -0.39 is 0 Å². The van der Waals surface area contributed by atoms with Gasteiger partial charge in [0.15, 0.2) is 5.78 Å². The van der Waals surface area contributed by atoms with Gasteiger partial charge < -0.3 is 4.74 Å². The first-order valence-electron chi connectivity index (χ1n) is 4.56. The number of hydrogen-bond acceptors (Lipinski definition) is 2. The number of allylic oxidation sites excluding steroid dienone is 2. The minimum atomic E-state index is 0.231. The van der Waals surface area contributed by atoms with Gasteiger partial charge in [-0.3, -0.25) is 4.79 Å². The molecule has 0 N–H and O–H groups in total. The number of Topliss-reactive ketones (excluding diaryl/α,β-unsaturated/α-hetero) is 1. The van der Waals surface area contributed by atoms with E-state index in [-0.39, 0.29) is 5.78 Å². The van der Waals surface area contributed by atoms with Crippen molar-refractivity contribution >= 4 is 5.78 Å². The lowest BCUT2D eigenvalue weighted by molar-refractivity contribution is -0.123. The Kier molecular flexibility index (Phi) is 1.71. The van der Waals surface area contributed by atoms with Gasteiger partial charge in [-0.15, -0.1) is 0 Å². The number of carbonyl (C=O) groups excluding carboxylic acids is 1. The predicted molar refractivity (Wildman–Crippen MR) is 45.5 cm³/mol. The van der Waals surface area contributed by atoms with Crippen molar-refractivity contribution in [2.45, 2.75) is 26.7 Å². The van der Waals surface area contributed by atoms with Gasteiger partial charge in [-0.25, -0.2) is 0 Å². The SMILES string of the molecule is CC1CC(C)C2=C1CC(=O)CO2. The minimum Gasteiger partial charge on any atom is -0.490 e. The van der Waals surface area contributed by atoms with Gasteiger partial charge in [-0.05, 0) is 17.9 Å². The molecule has 2 aliphatic rings. The molecule has 0 saturated heterocycles. The highest BCUT2D eigenvalue weighted by molar-refractivity contribution is 5.83. The molecule has 2 atom stereocenters. The van der Waals surface area contributed by atoms with Crippen molar-refractivity contribution in [2.24, 2.45) is 11.8 Å². The molecule has 2 nitrogen and oxygen atoms in total. The molecule has 0 aromatic heterocycles. The molecule has 1 aliphatic carbocycles. The summed E-state index contributed by atoms with van der Waals surface area (Å²) in [5.74, 6) is 2.43.